The standard InChI is InChI=1S/C21H18ClN3O3S/c1-11-9-13(7-8-14(11)19(23)26)24-21(28)18-12(2)10-17(29-18)25-20(27)15-5-3-4-6-16(15)22/h3-10H,1-2H3,(H2,23,26)(H,24,28)(H,25,27). The number of nitrogens with two attached hydrogens (primary N) is 1. The van der Waals surface area contributed by atoms with Gasteiger partial charge in [-0.25, -0.2) is 0 Å². The van der Waals surface area contributed by atoms with Gasteiger partial charge in [-0.1, -0.05) is 23.7 Å². The maximum absolute atomic E-state index is 12.7. The number of anilines is 2. The van der Waals surface area contributed by atoms with Crippen LogP contribution in [-0.2, 0) is 0 Å². The minimum Gasteiger partial charge on any atom is -0.366 e. The summed E-state index contributed by atoms with van der Waals surface area (Å²) in [5, 5.41) is 6.46. The molecule has 0 bridgehead atoms. The summed E-state index contributed by atoms with van der Waals surface area (Å²) >= 11 is 7.22. The molecule has 148 valence electrons. The summed E-state index contributed by atoms with van der Waals surface area (Å²) in [6.07, 6.45) is 0. The molecule has 0 radical (unpaired) electrons. The van der Waals surface area contributed by atoms with Gasteiger partial charge in [0.25, 0.3) is 11.8 Å². The fourth-order valence-electron chi connectivity index (χ4n) is 2.80. The first-order valence-corrected chi connectivity index (χ1v) is 9.84. The lowest BCUT2D eigenvalue weighted by molar-refractivity contribution is 0.0996. The van der Waals surface area contributed by atoms with E-state index in [0.29, 0.717) is 37.3 Å². The van der Waals surface area contributed by atoms with E-state index in [9.17, 15) is 14.4 Å². The second kappa shape index (κ2) is 8.46. The van der Waals surface area contributed by atoms with Crippen molar-refractivity contribution in [1.29, 1.82) is 0 Å². The number of aryl methyl sites for hydroxylation is 2. The first-order valence-electron chi connectivity index (χ1n) is 8.64. The average molecular weight is 428 g/mol. The van der Waals surface area contributed by atoms with E-state index in [0.717, 1.165) is 5.56 Å². The molecule has 0 saturated heterocycles. The second-order valence-corrected chi connectivity index (χ2v) is 7.86. The largest absolute Gasteiger partial charge is 0.366 e. The molecule has 3 amide bonds. The van der Waals surface area contributed by atoms with Gasteiger partial charge < -0.3 is 16.4 Å². The number of carbonyl (C=O) groups is 3. The van der Waals surface area contributed by atoms with Crippen molar-refractivity contribution in [3.05, 3.63) is 80.7 Å². The second-order valence-electron chi connectivity index (χ2n) is 6.40. The molecular weight excluding hydrogens is 410 g/mol. The first-order chi connectivity index (χ1) is 13.8. The van der Waals surface area contributed by atoms with E-state index in [2.05, 4.69) is 10.6 Å². The zero-order chi connectivity index (χ0) is 21.1. The summed E-state index contributed by atoms with van der Waals surface area (Å²) in [7, 11) is 0. The molecule has 3 rings (SSSR count). The monoisotopic (exact) mass is 427 g/mol. The zero-order valence-electron chi connectivity index (χ0n) is 15.7. The van der Waals surface area contributed by atoms with Crippen molar-refractivity contribution < 1.29 is 14.4 Å². The predicted octanol–water partition coefficient (Wildman–Crippen LogP) is 4.62. The van der Waals surface area contributed by atoms with Crippen molar-refractivity contribution in [3.63, 3.8) is 0 Å². The average Bonchev–Trinajstić information content (AvgIpc) is 3.02. The number of halogens is 1. The number of amides is 3. The Morgan fingerprint density at radius 3 is 2.28 bits per heavy atom. The zero-order valence-corrected chi connectivity index (χ0v) is 17.3. The predicted molar refractivity (Wildman–Crippen MR) is 116 cm³/mol. The van der Waals surface area contributed by atoms with Crippen molar-refractivity contribution in [2.24, 2.45) is 5.73 Å². The summed E-state index contributed by atoms with van der Waals surface area (Å²) in [4.78, 5) is 36.9. The van der Waals surface area contributed by atoms with Gasteiger partial charge in [-0.15, -0.1) is 11.3 Å². The van der Waals surface area contributed by atoms with E-state index in [1.165, 1.54) is 11.3 Å². The Labute approximate surface area is 176 Å². The number of thiophene rings is 1. The summed E-state index contributed by atoms with van der Waals surface area (Å²) in [5.41, 5.74) is 8.01. The van der Waals surface area contributed by atoms with Gasteiger partial charge in [0.15, 0.2) is 0 Å². The quantitative estimate of drug-likeness (QED) is 0.553. The molecule has 1 aromatic heterocycles. The Hall–Kier alpha value is -3.16. The maximum atomic E-state index is 12.7. The fraction of sp³-hybridized carbons (Fsp3) is 0.0952. The van der Waals surface area contributed by atoms with Gasteiger partial charge in [-0.2, -0.15) is 0 Å². The number of hydrogen-bond donors (Lipinski definition) is 3. The van der Waals surface area contributed by atoms with Crippen molar-refractivity contribution in [2.45, 2.75) is 13.8 Å². The SMILES string of the molecule is Cc1cc(NC(=O)c2sc(NC(=O)c3ccccc3Cl)cc2C)ccc1C(N)=O. The Bertz CT molecular complexity index is 1120. The first kappa shape index (κ1) is 20.6. The van der Waals surface area contributed by atoms with Crippen LogP contribution in [0.4, 0.5) is 10.7 Å². The summed E-state index contributed by atoms with van der Waals surface area (Å²) in [6, 6.07) is 13.3. The van der Waals surface area contributed by atoms with Crippen LogP contribution < -0.4 is 16.4 Å². The van der Waals surface area contributed by atoms with Crippen LogP contribution in [-0.4, -0.2) is 17.7 Å². The molecule has 0 fully saturated rings. The van der Waals surface area contributed by atoms with Crippen molar-refractivity contribution in [2.75, 3.05) is 10.6 Å². The Kier molecular flexibility index (Phi) is 6.00. The molecule has 4 N–H and O–H groups in total. The lowest BCUT2D eigenvalue weighted by Crippen LogP contribution is -2.14. The lowest BCUT2D eigenvalue weighted by Gasteiger charge is -2.08. The fourth-order valence-corrected chi connectivity index (χ4v) is 3.98. The summed E-state index contributed by atoms with van der Waals surface area (Å²) < 4.78 is 0. The van der Waals surface area contributed by atoms with E-state index in [1.807, 2.05) is 0 Å². The number of rotatable bonds is 5. The third kappa shape index (κ3) is 4.64. The van der Waals surface area contributed by atoms with E-state index < -0.39 is 5.91 Å². The Morgan fingerprint density at radius 2 is 1.62 bits per heavy atom. The number of benzene rings is 2. The molecule has 29 heavy (non-hydrogen) atoms. The third-order valence-corrected chi connectivity index (χ3v) is 5.71. The molecular formula is C21H18ClN3O3S. The number of carbonyl (C=O) groups excluding carboxylic acids is 3. The molecule has 0 aliphatic carbocycles. The molecule has 2 aromatic carbocycles. The number of hydrogen-bond acceptors (Lipinski definition) is 4. The van der Waals surface area contributed by atoms with Gasteiger partial charge >= 0.3 is 0 Å². The highest BCUT2D eigenvalue weighted by Crippen LogP contribution is 2.29. The normalized spacial score (nSPS) is 10.4. The van der Waals surface area contributed by atoms with Crippen LogP contribution in [0.2, 0.25) is 5.02 Å². The lowest BCUT2D eigenvalue weighted by atomic mass is 10.1. The van der Waals surface area contributed by atoms with Crippen molar-refractivity contribution >= 4 is 51.3 Å². The smallest absolute Gasteiger partial charge is 0.266 e. The van der Waals surface area contributed by atoms with Crippen LogP contribution in [0.1, 0.15) is 41.5 Å². The Balaban J connectivity index is 1.75. The minimum absolute atomic E-state index is 0.308. The van der Waals surface area contributed by atoms with Crippen LogP contribution in [0, 0.1) is 13.8 Å². The molecule has 3 aromatic rings. The molecule has 0 unspecified atom stereocenters. The summed E-state index contributed by atoms with van der Waals surface area (Å²) in [6.45, 7) is 3.53. The molecule has 1 heterocycles. The maximum Gasteiger partial charge on any atom is 0.266 e. The van der Waals surface area contributed by atoms with Crippen molar-refractivity contribution in [3.8, 4) is 0 Å². The minimum atomic E-state index is -0.520. The molecule has 0 saturated carbocycles. The van der Waals surface area contributed by atoms with E-state index in [-0.39, 0.29) is 11.8 Å². The number of nitrogens with one attached hydrogen (secondary N) is 2. The highest BCUT2D eigenvalue weighted by atomic mass is 35.5. The topological polar surface area (TPSA) is 101 Å². The molecule has 0 aliphatic rings. The van der Waals surface area contributed by atoms with Gasteiger partial charge in [0.1, 0.15) is 0 Å². The van der Waals surface area contributed by atoms with Crippen LogP contribution >= 0.6 is 22.9 Å². The van der Waals surface area contributed by atoms with E-state index in [4.69, 9.17) is 17.3 Å². The van der Waals surface area contributed by atoms with E-state index >= 15 is 0 Å². The molecule has 0 aliphatic heterocycles. The Morgan fingerprint density at radius 1 is 0.897 bits per heavy atom. The van der Waals surface area contributed by atoms with Crippen LogP contribution in [0.25, 0.3) is 0 Å². The van der Waals surface area contributed by atoms with E-state index in [1.54, 1.807) is 62.4 Å². The van der Waals surface area contributed by atoms with Crippen LogP contribution in [0.5, 0.6) is 0 Å². The van der Waals surface area contributed by atoms with Crippen LogP contribution in [0.3, 0.4) is 0 Å². The molecule has 0 spiro atoms. The van der Waals surface area contributed by atoms with Crippen molar-refractivity contribution in [1.82, 2.24) is 0 Å². The third-order valence-electron chi connectivity index (χ3n) is 4.23. The highest BCUT2D eigenvalue weighted by molar-refractivity contribution is 7.18. The van der Waals surface area contributed by atoms with Gasteiger partial charge in [0, 0.05) is 11.3 Å². The molecule has 8 heteroatoms. The van der Waals surface area contributed by atoms with Gasteiger partial charge in [0.2, 0.25) is 5.91 Å². The highest BCUT2D eigenvalue weighted by Gasteiger charge is 2.17. The summed E-state index contributed by atoms with van der Waals surface area (Å²) in [5.74, 6) is -1.17. The van der Waals surface area contributed by atoms with Gasteiger partial charge in [0.05, 0.1) is 20.5 Å². The van der Waals surface area contributed by atoms with Gasteiger partial charge in [-0.05, 0) is 61.4 Å². The molecule has 6 nitrogen and oxygen atoms in total. The molecule has 0 atom stereocenters. The van der Waals surface area contributed by atoms with Crippen LogP contribution in [0.15, 0.2) is 48.5 Å². The van der Waals surface area contributed by atoms with Gasteiger partial charge in [-0.3, -0.25) is 14.4 Å². The number of primary amides is 1.